The summed E-state index contributed by atoms with van der Waals surface area (Å²) in [5.74, 6) is 1.85. The minimum Gasteiger partial charge on any atom is -0.327 e. The Balaban J connectivity index is 1.39. The maximum absolute atomic E-state index is 6.08. The van der Waals surface area contributed by atoms with Crippen molar-refractivity contribution < 1.29 is 0 Å². The predicted molar refractivity (Wildman–Crippen MR) is 62.6 cm³/mol. The summed E-state index contributed by atoms with van der Waals surface area (Å²) in [5, 5.41) is 3.70. The first-order valence-electron chi connectivity index (χ1n) is 6.76. The zero-order chi connectivity index (χ0) is 10.3. The molecule has 86 valence electrons. The van der Waals surface area contributed by atoms with Crippen LogP contribution in [0, 0.1) is 17.3 Å². The maximum Gasteiger partial charge on any atom is 0.00792 e. The monoisotopic (exact) mass is 208 g/mol. The molecule has 0 amide bonds. The molecule has 2 atom stereocenters. The van der Waals surface area contributed by atoms with Gasteiger partial charge in [0.1, 0.15) is 0 Å². The van der Waals surface area contributed by atoms with Crippen molar-refractivity contribution in [3.63, 3.8) is 0 Å². The molecule has 2 unspecified atom stereocenters. The zero-order valence-electron chi connectivity index (χ0n) is 9.67. The minimum absolute atomic E-state index is 0.480. The van der Waals surface area contributed by atoms with Crippen LogP contribution in [0.3, 0.4) is 0 Å². The molecule has 0 aliphatic heterocycles. The molecule has 0 spiro atoms. The average molecular weight is 208 g/mol. The van der Waals surface area contributed by atoms with Crippen LogP contribution >= 0.6 is 0 Å². The van der Waals surface area contributed by atoms with E-state index in [4.69, 9.17) is 5.73 Å². The first kappa shape index (κ1) is 10.1. The van der Waals surface area contributed by atoms with Gasteiger partial charge in [0.15, 0.2) is 0 Å². The van der Waals surface area contributed by atoms with Crippen LogP contribution in [0.1, 0.15) is 44.9 Å². The third-order valence-electron chi connectivity index (χ3n) is 4.94. The van der Waals surface area contributed by atoms with Crippen molar-refractivity contribution in [1.29, 1.82) is 0 Å². The molecule has 3 aliphatic rings. The fraction of sp³-hybridized carbons (Fsp3) is 1.00. The Kier molecular flexibility index (Phi) is 2.52. The normalized spacial score (nSPS) is 38.2. The van der Waals surface area contributed by atoms with E-state index in [9.17, 15) is 0 Å². The van der Waals surface area contributed by atoms with Crippen LogP contribution < -0.4 is 11.1 Å². The van der Waals surface area contributed by atoms with Crippen molar-refractivity contribution in [2.75, 3.05) is 13.1 Å². The van der Waals surface area contributed by atoms with Crippen molar-refractivity contribution in [3.8, 4) is 0 Å². The maximum atomic E-state index is 6.08. The van der Waals surface area contributed by atoms with Gasteiger partial charge in [0.2, 0.25) is 0 Å². The molecule has 0 bridgehead atoms. The van der Waals surface area contributed by atoms with Crippen LogP contribution in [-0.2, 0) is 0 Å². The van der Waals surface area contributed by atoms with Gasteiger partial charge in [-0.1, -0.05) is 6.42 Å². The number of nitrogens with two attached hydrogens (primary N) is 1. The van der Waals surface area contributed by atoms with E-state index in [0.29, 0.717) is 6.04 Å². The number of hydrogen-bond acceptors (Lipinski definition) is 2. The lowest BCUT2D eigenvalue weighted by atomic mass is 9.99. The largest absolute Gasteiger partial charge is 0.327 e. The summed E-state index contributed by atoms with van der Waals surface area (Å²) in [6, 6.07) is 0.480. The number of nitrogens with one attached hydrogen (secondary N) is 1. The Bertz CT molecular complexity index is 231. The first-order chi connectivity index (χ1) is 7.30. The van der Waals surface area contributed by atoms with E-state index in [1.807, 2.05) is 0 Å². The lowest BCUT2D eigenvalue weighted by molar-refractivity contribution is 0.367. The molecule has 2 heteroatoms. The van der Waals surface area contributed by atoms with Gasteiger partial charge in [-0.15, -0.1) is 0 Å². The quantitative estimate of drug-likeness (QED) is 0.724. The van der Waals surface area contributed by atoms with Gasteiger partial charge in [0, 0.05) is 12.6 Å². The molecule has 3 saturated carbocycles. The molecule has 0 saturated heterocycles. The van der Waals surface area contributed by atoms with Gasteiger partial charge >= 0.3 is 0 Å². The van der Waals surface area contributed by atoms with Crippen molar-refractivity contribution in [3.05, 3.63) is 0 Å². The smallest absolute Gasteiger partial charge is 0.00792 e. The Morgan fingerprint density at radius 3 is 2.47 bits per heavy atom. The number of hydrogen-bond donors (Lipinski definition) is 2. The van der Waals surface area contributed by atoms with E-state index in [2.05, 4.69) is 5.32 Å². The molecule has 15 heavy (non-hydrogen) atoms. The van der Waals surface area contributed by atoms with E-state index < -0.39 is 0 Å². The Labute approximate surface area is 93.0 Å². The third kappa shape index (κ3) is 2.07. The highest BCUT2D eigenvalue weighted by atomic mass is 14.9. The van der Waals surface area contributed by atoms with Crippen LogP contribution in [0.25, 0.3) is 0 Å². The molecular weight excluding hydrogens is 184 g/mol. The van der Waals surface area contributed by atoms with Crippen molar-refractivity contribution in [2.24, 2.45) is 23.0 Å². The predicted octanol–water partition coefficient (Wildman–Crippen LogP) is 1.89. The summed E-state index contributed by atoms with van der Waals surface area (Å²) in [5.41, 5.74) is 6.83. The molecule has 0 aromatic rings. The van der Waals surface area contributed by atoms with E-state index in [0.717, 1.165) is 17.3 Å². The molecule has 0 heterocycles. The number of rotatable bonds is 5. The fourth-order valence-electron chi connectivity index (χ4n) is 3.41. The Morgan fingerprint density at radius 1 is 1.13 bits per heavy atom. The van der Waals surface area contributed by atoms with Gasteiger partial charge in [-0.3, -0.25) is 0 Å². The molecule has 0 aromatic carbocycles. The Hall–Kier alpha value is -0.0800. The van der Waals surface area contributed by atoms with Gasteiger partial charge in [-0.25, -0.2) is 0 Å². The minimum atomic E-state index is 0.480. The van der Waals surface area contributed by atoms with E-state index in [1.54, 1.807) is 0 Å². The molecule has 2 nitrogen and oxygen atoms in total. The molecule has 0 aromatic heterocycles. The molecule has 3 aliphatic carbocycles. The van der Waals surface area contributed by atoms with Gasteiger partial charge in [0.25, 0.3) is 0 Å². The van der Waals surface area contributed by atoms with Crippen LogP contribution in [0.5, 0.6) is 0 Å². The second kappa shape index (κ2) is 3.74. The van der Waals surface area contributed by atoms with Gasteiger partial charge in [-0.05, 0) is 62.3 Å². The summed E-state index contributed by atoms with van der Waals surface area (Å²) in [6.07, 6.45) is 9.93. The lowest BCUT2D eigenvalue weighted by Crippen LogP contribution is -2.36. The van der Waals surface area contributed by atoms with E-state index in [-0.39, 0.29) is 0 Å². The Morgan fingerprint density at radius 2 is 1.93 bits per heavy atom. The summed E-state index contributed by atoms with van der Waals surface area (Å²) in [4.78, 5) is 0. The van der Waals surface area contributed by atoms with Crippen molar-refractivity contribution >= 4 is 0 Å². The summed E-state index contributed by atoms with van der Waals surface area (Å²) >= 11 is 0. The SMILES string of the molecule is NC1CCCC1CNCC1(C2CC2)CC1. The zero-order valence-corrected chi connectivity index (χ0v) is 9.67. The van der Waals surface area contributed by atoms with Crippen molar-refractivity contribution in [1.82, 2.24) is 5.32 Å². The average Bonchev–Trinajstić information content (AvgIpc) is 3.10. The summed E-state index contributed by atoms with van der Waals surface area (Å²) < 4.78 is 0. The van der Waals surface area contributed by atoms with Crippen LogP contribution in [0.2, 0.25) is 0 Å². The molecule has 0 radical (unpaired) electrons. The van der Waals surface area contributed by atoms with Gasteiger partial charge in [-0.2, -0.15) is 0 Å². The topological polar surface area (TPSA) is 38.0 Å². The van der Waals surface area contributed by atoms with E-state index >= 15 is 0 Å². The highest BCUT2D eigenvalue weighted by Gasteiger charge is 2.53. The van der Waals surface area contributed by atoms with Gasteiger partial charge in [0.05, 0.1) is 0 Å². The highest BCUT2D eigenvalue weighted by molar-refractivity contribution is 5.05. The molecule has 3 fully saturated rings. The molecular formula is C13H24N2. The second-order valence-electron chi connectivity index (χ2n) is 6.12. The highest BCUT2D eigenvalue weighted by Crippen LogP contribution is 2.60. The van der Waals surface area contributed by atoms with Crippen molar-refractivity contribution in [2.45, 2.75) is 51.0 Å². The standard InChI is InChI=1S/C13H24N2/c14-12-3-1-2-10(12)8-15-9-13(6-7-13)11-4-5-11/h10-12,15H,1-9,14H2. The first-order valence-corrected chi connectivity index (χ1v) is 6.76. The summed E-state index contributed by atoms with van der Waals surface area (Å²) in [7, 11) is 0. The lowest BCUT2D eigenvalue weighted by Gasteiger charge is -2.19. The second-order valence-corrected chi connectivity index (χ2v) is 6.12. The fourth-order valence-corrected chi connectivity index (χ4v) is 3.41. The van der Waals surface area contributed by atoms with Crippen LogP contribution in [-0.4, -0.2) is 19.1 Å². The molecule has 3 rings (SSSR count). The summed E-state index contributed by atoms with van der Waals surface area (Å²) in [6.45, 7) is 2.45. The van der Waals surface area contributed by atoms with Gasteiger partial charge < -0.3 is 11.1 Å². The van der Waals surface area contributed by atoms with Crippen LogP contribution in [0.15, 0.2) is 0 Å². The van der Waals surface area contributed by atoms with Crippen LogP contribution in [0.4, 0.5) is 0 Å². The molecule has 3 N–H and O–H groups in total. The van der Waals surface area contributed by atoms with E-state index in [1.165, 1.54) is 58.0 Å². The third-order valence-corrected chi connectivity index (χ3v) is 4.94.